The van der Waals surface area contributed by atoms with Crippen molar-refractivity contribution >= 4 is 11.0 Å². The molecule has 5 heteroatoms. The second kappa shape index (κ2) is 19.9. The van der Waals surface area contributed by atoms with E-state index in [1.54, 1.807) is 6.07 Å². The third-order valence-electron chi connectivity index (χ3n) is 13.9. The van der Waals surface area contributed by atoms with E-state index >= 15 is 0 Å². The van der Waals surface area contributed by atoms with Crippen molar-refractivity contribution in [1.29, 1.82) is 0 Å². The molecule has 2 aromatic heterocycles. The Morgan fingerprint density at radius 2 is 1.19 bits per heavy atom. The van der Waals surface area contributed by atoms with E-state index in [2.05, 4.69) is 167 Å². The maximum absolute atomic E-state index is 12.6. The fourth-order valence-electron chi connectivity index (χ4n) is 9.76. The second-order valence-electron chi connectivity index (χ2n) is 22.8. The van der Waals surface area contributed by atoms with Crippen molar-refractivity contribution in [2.75, 3.05) is 0 Å². The molecule has 4 nitrogen and oxygen atoms in total. The summed E-state index contributed by atoms with van der Waals surface area (Å²) in [6.07, 6.45) is 1.86. The van der Waals surface area contributed by atoms with Crippen LogP contribution in [-0.2, 0) is 37.3 Å². The SMILES string of the molecule is [2H]C([2H])([2H])c1cc(-c2c(C(C)C)cccc2C([2H])(C)C)ccc1-n1c(-c2cc(C(C)(C)C)cc(C(C)(C)C)c2O)nc2c(-c3[c-]c(-c4cc(-c5ccc(-c6ccccc6)cc5)ccn4)cc(C(C)(C)C)c3)cccc21.[Pt]. The Balaban J connectivity index is 0.00000765. The summed E-state index contributed by atoms with van der Waals surface area (Å²) in [4.78, 5) is 10.5. The van der Waals surface area contributed by atoms with Crippen molar-refractivity contribution in [3.63, 3.8) is 0 Å². The molecule has 0 saturated heterocycles. The van der Waals surface area contributed by atoms with Crippen molar-refractivity contribution in [1.82, 2.24) is 14.5 Å². The maximum atomic E-state index is 12.6. The van der Waals surface area contributed by atoms with Crippen molar-refractivity contribution < 1.29 is 31.7 Å². The average Bonchev–Trinajstić information content (AvgIpc) is 3.74. The first-order valence-electron chi connectivity index (χ1n) is 27.0. The molecule has 0 radical (unpaired) electrons. The minimum atomic E-state index is -2.58. The predicted molar refractivity (Wildman–Crippen MR) is 301 cm³/mol. The number of imidazole rings is 1. The number of para-hydroxylation sites is 1. The number of aromatic nitrogens is 3. The minimum absolute atomic E-state index is 0. The summed E-state index contributed by atoms with van der Waals surface area (Å²) in [7, 11) is 0. The Kier molecular flexibility index (Phi) is 12.9. The molecule has 0 fully saturated rings. The standard InChI is InChI=1S/C67H70N3O.Pt/c1-41(2)53-22-18-23-54(42(3)4)61(53)48-30-31-59(43(5)34-48)70-60-25-19-24-55(62(60)69-64(70)56-39-52(66(9,10)11)40-57(63(56)71)67(12,13)14)49-35-50(37-51(36-49)65(6,7)8)58-38-47(32-33-68-58)46-28-26-45(27-29-46)44-20-16-15-17-21-44;/h15-34,36-42,71H,1-14H3;/q-1;/i5D3,41D;. The number of fused-ring (bicyclic) bond motifs is 1. The quantitative estimate of drug-likeness (QED) is 0.147. The molecule has 9 rings (SSSR count). The summed E-state index contributed by atoms with van der Waals surface area (Å²) in [6, 6.07) is 53.2. The Morgan fingerprint density at radius 3 is 1.83 bits per heavy atom. The van der Waals surface area contributed by atoms with Crippen LogP contribution in [0.2, 0.25) is 0 Å². The van der Waals surface area contributed by atoms with Gasteiger partial charge in [-0.25, -0.2) is 4.98 Å². The van der Waals surface area contributed by atoms with Gasteiger partial charge in [-0.1, -0.05) is 204 Å². The van der Waals surface area contributed by atoms with Crippen molar-refractivity contribution in [2.45, 2.75) is 125 Å². The summed E-state index contributed by atoms with van der Waals surface area (Å²) in [5, 5.41) is 12.6. The largest absolute Gasteiger partial charge is 0.507 e. The van der Waals surface area contributed by atoms with Gasteiger partial charge in [-0.2, -0.15) is 0 Å². The number of phenols is 1. The molecule has 0 bridgehead atoms. The van der Waals surface area contributed by atoms with Crippen LogP contribution in [0.25, 0.3) is 83.9 Å². The monoisotopic (exact) mass is 1130 g/mol. The van der Waals surface area contributed by atoms with Gasteiger partial charge in [0, 0.05) is 44.0 Å². The number of aromatic hydroxyl groups is 1. The Hall–Kier alpha value is -6.35. The summed E-state index contributed by atoms with van der Waals surface area (Å²) in [5.41, 5.74) is 15.3. The number of hydrogen-bond acceptors (Lipinski definition) is 3. The van der Waals surface area contributed by atoms with Gasteiger partial charge in [0.05, 0.1) is 22.3 Å². The van der Waals surface area contributed by atoms with E-state index in [0.29, 0.717) is 28.1 Å². The Morgan fingerprint density at radius 1 is 0.583 bits per heavy atom. The molecular formula is C67H70N3OPt-. The van der Waals surface area contributed by atoms with Gasteiger partial charge in [0.15, 0.2) is 0 Å². The number of nitrogens with zero attached hydrogens (tertiary/aromatic N) is 3. The molecule has 2 heterocycles. The van der Waals surface area contributed by atoms with Crippen LogP contribution in [0, 0.1) is 12.9 Å². The van der Waals surface area contributed by atoms with Crippen molar-refractivity contribution in [3.05, 3.63) is 191 Å². The van der Waals surface area contributed by atoms with Crippen LogP contribution in [0.5, 0.6) is 5.75 Å². The molecule has 0 aliphatic heterocycles. The molecule has 0 unspecified atom stereocenters. The molecule has 0 aliphatic carbocycles. The number of aryl methyl sites for hydroxylation is 1. The molecule has 0 atom stereocenters. The first kappa shape index (κ1) is 46.7. The van der Waals surface area contributed by atoms with Crippen LogP contribution in [0.15, 0.2) is 152 Å². The van der Waals surface area contributed by atoms with E-state index in [1.807, 2.05) is 79.2 Å². The normalized spacial score (nSPS) is 13.4. The fraction of sp³-hybridized carbons (Fsp3) is 0.284. The summed E-state index contributed by atoms with van der Waals surface area (Å²) >= 11 is 0. The molecule has 72 heavy (non-hydrogen) atoms. The van der Waals surface area contributed by atoms with Crippen LogP contribution in [0.4, 0.5) is 0 Å². The summed E-state index contributed by atoms with van der Waals surface area (Å²) < 4.78 is 38.8. The second-order valence-corrected chi connectivity index (χ2v) is 22.8. The van der Waals surface area contributed by atoms with Crippen LogP contribution >= 0.6 is 0 Å². The first-order chi connectivity index (χ1) is 35.1. The zero-order valence-electron chi connectivity index (χ0n) is 48.1. The molecule has 0 amide bonds. The number of phenolic OH excluding ortho intramolecular Hbond substituents is 1. The molecule has 370 valence electrons. The first-order valence-corrected chi connectivity index (χ1v) is 25.0. The molecule has 0 saturated carbocycles. The maximum Gasteiger partial charge on any atom is 0.148 e. The smallest absolute Gasteiger partial charge is 0.148 e. The van der Waals surface area contributed by atoms with Crippen LogP contribution < -0.4 is 0 Å². The predicted octanol–water partition coefficient (Wildman–Crippen LogP) is 18.4. The number of hydrogen-bond donors (Lipinski definition) is 1. The zero-order valence-corrected chi connectivity index (χ0v) is 46.4. The van der Waals surface area contributed by atoms with Gasteiger partial charge in [0.25, 0.3) is 0 Å². The molecule has 0 aliphatic rings. The van der Waals surface area contributed by atoms with Crippen LogP contribution in [0.3, 0.4) is 0 Å². The summed E-state index contributed by atoms with van der Waals surface area (Å²) in [5.74, 6) is -0.334. The number of benzene rings is 7. The third kappa shape index (κ3) is 10.2. The fourth-order valence-corrected chi connectivity index (χ4v) is 9.76. The summed E-state index contributed by atoms with van der Waals surface area (Å²) in [6.45, 7) is 24.8. The van der Waals surface area contributed by atoms with E-state index in [1.165, 1.54) is 5.56 Å². The van der Waals surface area contributed by atoms with Gasteiger partial charge in [-0.3, -0.25) is 9.55 Å². The van der Waals surface area contributed by atoms with Gasteiger partial charge in [0.1, 0.15) is 11.6 Å². The van der Waals surface area contributed by atoms with Crippen LogP contribution in [-0.4, -0.2) is 19.6 Å². The van der Waals surface area contributed by atoms with Gasteiger partial charge < -0.3 is 5.11 Å². The Labute approximate surface area is 449 Å². The third-order valence-corrected chi connectivity index (χ3v) is 13.9. The molecule has 1 N–H and O–H groups in total. The molecule has 7 aromatic carbocycles. The minimum Gasteiger partial charge on any atom is -0.507 e. The van der Waals surface area contributed by atoms with Crippen LogP contribution in [0.1, 0.15) is 141 Å². The number of rotatable bonds is 9. The molecule has 0 spiro atoms. The van der Waals surface area contributed by atoms with Gasteiger partial charge in [-0.15, -0.1) is 29.3 Å². The van der Waals surface area contributed by atoms with Gasteiger partial charge in [0.2, 0.25) is 0 Å². The van der Waals surface area contributed by atoms with Gasteiger partial charge in [-0.05, 0) is 121 Å². The molecular weight excluding hydrogens is 1060 g/mol. The van der Waals surface area contributed by atoms with E-state index in [9.17, 15) is 10.6 Å². The van der Waals surface area contributed by atoms with Crippen molar-refractivity contribution in [3.8, 4) is 78.6 Å². The topological polar surface area (TPSA) is 50.9 Å². The van der Waals surface area contributed by atoms with E-state index in [0.717, 1.165) is 78.0 Å². The van der Waals surface area contributed by atoms with Crippen molar-refractivity contribution in [2.24, 2.45) is 0 Å². The van der Waals surface area contributed by atoms with E-state index in [-0.39, 0.29) is 49.1 Å². The Bertz CT molecular complexity index is 3600. The van der Waals surface area contributed by atoms with Gasteiger partial charge >= 0.3 is 0 Å². The van der Waals surface area contributed by atoms with E-state index in [4.69, 9.17) is 9.97 Å². The number of pyridine rings is 1. The average molecular weight is 1130 g/mol. The molecule has 9 aromatic rings. The van der Waals surface area contributed by atoms with E-state index < -0.39 is 18.2 Å². The zero-order chi connectivity index (χ0) is 54.2.